The van der Waals surface area contributed by atoms with Gasteiger partial charge in [-0.25, -0.2) is 0 Å². The Morgan fingerprint density at radius 1 is 1.13 bits per heavy atom. The predicted octanol–water partition coefficient (Wildman–Crippen LogP) is 3.06. The number of carbonyl (C=O) groups excluding carboxylic acids is 3. The molecule has 1 spiro atoms. The average molecular weight is 538 g/mol. The first kappa shape index (κ1) is 26.6. The molecule has 3 saturated heterocycles. The highest BCUT2D eigenvalue weighted by Gasteiger charge is 2.75. The molecule has 3 aliphatic heterocycles. The van der Waals surface area contributed by atoms with Crippen molar-refractivity contribution in [2.45, 2.75) is 49.3 Å². The molecule has 0 aromatic heterocycles. The first-order valence-electron chi connectivity index (χ1n) is 13.3. The molecule has 38 heavy (non-hydrogen) atoms. The Hall–Kier alpha value is -3.04. The monoisotopic (exact) mass is 537 g/mol. The normalized spacial score (nSPS) is 29.3. The van der Waals surface area contributed by atoms with Crippen molar-refractivity contribution in [3.63, 3.8) is 0 Å². The second kappa shape index (κ2) is 11.0. The third kappa shape index (κ3) is 4.56. The van der Waals surface area contributed by atoms with Crippen LogP contribution in [0.25, 0.3) is 0 Å². The Morgan fingerprint density at radius 2 is 1.87 bits per heavy atom. The molecule has 3 fully saturated rings. The van der Waals surface area contributed by atoms with Crippen LogP contribution >= 0.6 is 11.8 Å². The minimum Gasteiger partial charge on any atom is -0.494 e. The van der Waals surface area contributed by atoms with Gasteiger partial charge in [-0.15, -0.1) is 11.8 Å². The van der Waals surface area contributed by atoms with Crippen molar-refractivity contribution in [3.8, 4) is 5.75 Å². The van der Waals surface area contributed by atoms with Crippen molar-refractivity contribution in [1.29, 1.82) is 0 Å². The van der Waals surface area contributed by atoms with Gasteiger partial charge in [0.2, 0.25) is 17.7 Å². The number of amides is 3. The first-order chi connectivity index (χ1) is 18.4. The summed E-state index contributed by atoms with van der Waals surface area (Å²) in [5.74, 6) is -0.849. The van der Waals surface area contributed by atoms with Crippen molar-refractivity contribution in [1.82, 2.24) is 10.2 Å². The molecular formula is C29H35N3O5S. The molecule has 3 amide bonds. The average Bonchev–Trinajstić information content (AvgIpc) is 3.51. The lowest BCUT2D eigenvalue weighted by Gasteiger charge is -2.38. The fourth-order valence-electron chi connectivity index (χ4n) is 6.51. The molecule has 2 aromatic carbocycles. The van der Waals surface area contributed by atoms with E-state index in [0.29, 0.717) is 25.3 Å². The fourth-order valence-corrected chi connectivity index (χ4v) is 8.93. The quantitative estimate of drug-likeness (QED) is 0.430. The van der Waals surface area contributed by atoms with E-state index in [4.69, 9.17) is 4.74 Å². The summed E-state index contributed by atoms with van der Waals surface area (Å²) in [7, 11) is 0. The van der Waals surface area contributed by atoms with Crippen molar-refractivity contribution in [2.75, 3.05) is 25.1 Å². The predicted molar refractivity (Wildman–Crippen MR) is 147 cm³/mol. The van der Waals surface area contributed by atoms with Crippen LogP contribution in [0.3, 0.4) is 0 Å². The van der Waals surface area contributed by atoms with Crippen molar-refractivity contribution in [3.05, 3.63) is 60.2 Å². The number of hydrogen-bond acceptors (Lipinski definition) is 6. The van der Waals surface area contributed by atoms with Crippen LogP contribution in [0.1, 0.15) is 32.3 Å². The Bertz CT molecular complexity index is 1180. The van der Waals surface area contributed by atoms with E-state index in [9.17, 15) is 19.5 Å². The van der Waals surface area contributed by atoms with E-state index in [1.165, 1.54) is 0 Å². The van der Waals surface area contributed by atoms with E-state index in [2.05, 4.69) is 17.6 Å². The second-order valence-electron chi connectivity index (χ2n) is 10.3. The van der Waals surface area contributed by atoms with E-state index in [1.54, 1.807) is 28.8 Å². The summed E-state index contributed by atoms with van der Waals surface area (Å²) in [5.41, 5.74) is 1.62. The maximum atomic E-state index is 14.0. The van der Waals surface area contributed by atoms with Gasteiger partial charge in [0.15, 0.2) is 0 Å². The van der Waals surface area contributed by atoms with Crippen LogP contribution in [0.2, 0.25) is 0 Å². The van der Waals surface area contributed by atoms with Crippen LogP contribution < -0.4 is 15.4 Å². The van der Waals surface area contributed by atoms with Gasteiger partial charge in [0, 0.05) is 30.6 Å². The van der Waals surface area contributed by atoms with Gasteiger partial charge in [0.25, 0.3) is 0 Å². The first-order valence-corrected chi connectivity index (χ1v) is 14.2. The van der Waals surface area contributed by atoms with Crippen LogP contribution in [-0.2, 0) is 20.9 Å². The molecule has 3 N–H and O–H groups in total. The lowest BCUT2D eigenvalue weighted by molar-refractivity contribution is -0.139. The van der Waals surface area contributed by atoms with Gasteiger partial charge in [0.1, 0.15) is 11.8 Å². The number of rotatable bonds is 10. The molecule has 3 heterocycles. The van der Waals surface area contributed by atoms with Crippen molar-refractivity contribution < 1.29 is 24.2 Å². The van der Waals surface area contributed by atoms with Crippen LogP contribution in [0.5, 0.6) is 5.75 Å². The van der Waals surface area contributed by atoms with Crippen molar-refractivity contribution in [2.24, 2.45) is 17.8 Å². The molecule has 8 nitrogen and oxygen atoms in total. The molecular weight excluding hydrogens is 502 g/mol. The Morgan fingerprint density at radius 3 is 2.55 bits per heavy atom. The maximum absolute atomic E-state index is 14.0. The summed E-state index contributed by atoms with van der Waals surface area (Å²) in [4.78, 5) is 43.0. The number of likely N-dealkylation sites (tertiary alicyclic amines) is 1. The van der Waals surface area contributed by atoms with Gasteiger partial charge >= 0.3 is 0 Å². The van der Waals surface area contributed by atoms with Gasteiger partial charge in [-0.3, -0.25) is 14.4 Å². The molecule has 202 valence electrons. The zero-order valence-electron chi connectivity index (χ0n) is 21.8. The number of aliphatic hydroxyl groups excluding tert-OH is 1. The molecule has 0 radical (unpaired) electrons. The highest BCUT2D eigenvalue weighted by Crippen LogP contribution is 2.68. The van der Waals surface area contributed by atoms with Gasteiger partial charge in [-0.2, -0.15) is 0 Å². The van der Waals surface area contributed by atoms with Gasteiger partial charge < -0.3 is 25.4 Å². The lowest BCUT2D eigenvalue weighted by Crippen LogP contribution is -2.56. The highest BCUT2D eigenvalue weighted by atomic mass is 32.2. The van der Waals surface area contributed by atoms with Crippen molar-refractivity contribution >= 4 is 35.2 Å². The number of benzene rings is 2. The number of nitrogens with one attached hydrogen (secondary N) is 2. The summed E-state index contributed by atoms with van der Waals surface area (Å²) in [6, 6.07) is 16.2. The largest absolute Gasteiger partial charge is 0.494 e. The van der Waals surface area contributed by atoms with Gasteiger partial charge in [0.05, 0.1) is 23.2 Å². The summed E-state index contributed by atoms with van der Waals surface area (Å²) >= 11 is 1.65. The zero-order valence-corrected chi connectivity index (χ0v) is 22.6. The molecule has 0 saturated carbocycles. The highest BCUT2D eigenvalue weighted by molar-refractivity contribution is 8.02. The number of carbonyl (C=O) groups is 3. The number of fused-ring (bicyclic) bond motifs is 1. The third-order valence-electron chi connectivity index (χ3n) is 8.10. The Labute approximate surface area is 227 Å². The molecule has 0 aliphatic carbocycles. The molecule has 2 aromatic rings. The molecule has 2 bridgehead atoms. The van der Waals surface area contributed by atoms with Gasteiger partial charge in [-0.05, 0) is 55.5 Å². The number of thioether (sulfide) groups is 1. The molecule has 5 rings (SSSR count). The smallest absolute Gasteiger partial charge is 0.244 e. The third-order valence-corrected chi connectivity index (χ3v) is 10.2. The number of ether oxygens (including phenoxy) is 1. The van der Waals surface area contributed by atoms with E-state index >= 15 is 0 Å². The summed E-state index contributed by atoms with van der Waals surface area (Å²) in [5, 5.41) is 15.5. The Balaban J connectivity index is 1.41. The standard InChI is InChI=1S/C29H35N3O5S/c1-3-37-21-12-10-20(11-13-21)31-26(34)23-22-16-18(2)29(38-22)24(23)28(36)32(14-7-15-33)25(29)27(35)30-17-19-8-5-4-6-9-19/h4-6,8-13,18,22-25,33H,3,7,14-17H2,1-2H3,(H,30,35)(H,31,34)/t18?,22-,23+,24-,25?,29?/m0/s1. The number of nitrogens with zero attached hydrogens (tertiary/aromatic N) is 1. The number of hydrogen-bond donors (Lipinski definition) is 3. The Kier molecular flexibility index (Phi) is 7.68. The van der Waals surface area contributed by atoms with Crippen LogP contribution in [0, 0.1) is 17.8 Å². The number of aliphatic hydroxyl groups is 1. The minimum atomic E-state index is -0.691. The lowest BCUT2D eigenvalue weighted by atomic mass is 9.66. The van der Waals surface area contributed by atoms with Crippen LogP contribution in [0.15, 0.2) is 54.6 Å². The fraction of sp³-hybridized carbons (Fsp3) is 0.483. The molecule has 3 aliphatic rings. The van der Waals surface area contributed by atoms with E-state index < -0.39 is 22.6 Å². The number of anilines is 1. The van der Waals surface area contributed by atoms with Crippen LogP contribution in [0.4, 0.5) is 5.69 Å². The summed E-state index contributed by atoms with van der Waals surface area (Å²) in [6.45, 7) is 5.14. The van der Waals surface area contributed by atoms with E-state index in [0.717, 1.165) is 17.7 Å². The molecule has 6 atom stereocenters. The molecule has 3 unspecified atom stereocenters. The van der Waals surface area contributed by atoms with E-state index in [-0.39, 0.29) is 42.0 Å². The topological polar surface area (TPSA) is 108 Å². The zero-order chi connectivity index (χ0) is 26.9. The summed E-state index contributed by atoms with van der Waals surface area (Å²) in [6.07, 6.45) is 1.15. The maximum Gasteiger partial charge on any atom is 0.244 e. The van der Waals surface area contributed by atoms with E-state index in [1.807, 2.05) is 49.4 Å². The second-order valence-corrected chi connectivity index (χ2v) is 11.9. The van der Waals surface area contributed by atoms with Crippen LogP contribution in [-0.4, -0.2) is 63.5 Å². The SMILES string of the molecule is CCOc1ccc(NC(=O)[C@@H]2[C@@H]3CC(C)C4(S3)C(C(=O)NCc3ccccc3)N(CCCO)C(=O)[C@H]24)cc1. The molecule has 9 heteroatoms. The van der Waals surface area contributed by atoms with Gasteiger partial charge in [-0.1, -0.05) is 37.3 Å². The minimum absolute atomic E-state index is 0.0361. The summed E-state index contributed by atoms with van der Waals surface area (Å²) < 4.78 is 4.81.